The van der Waals surface area contributed by atoms with E-state index in [1.54, 1.807) is 11.3 Å². The van der Waals surface area contributed by atoms with Crippen molar-refractivity contribution in [3.63, 3.8) is 0 Å². The number of aliphatic hydroxyl groups is 1. The summed E-state index contributed by atoms with van der Waals surface area (Å²) >= 11 is 6.05. The zero-order chi connectivity index (χ0) is 9.42. The van der Waals surface area contributed by atoms with Crippen LogP contribution in [-0.2, 0) is 6.61 Å². The smallest absolute Gasteiger partial charge is 0.0699 e. The molecule has 0 amide bonds. The molecule has 0 bridgehead atoms. The summed E-state index contributed by atoms with van der Waals surface area (Å²) < 4.78 is 1.25. The van der Waals surface area contributed by atoms with Gasteiger partial charge >= 0.3 is 0 Å². The van der Waals surface area contributed by atoms with Gasteiger partial charge in [-0.15, -0.1) is 24.0 Å². The predicted molar refractivity (Wildman–Crippen MR) is 59.7 cm³/mol. The maximum Gasteiger partial charge on any atom is 0.0699 e. The van der Waals surface area contributed by atoms with Crippen LogP contribution in [0, 0.1) is 6.92 Å². The molecule has 13 heavy (non-hydrogen) atoms. The summed E-state index contributed by atoms with van der Waals surface area (Å²) in [6.07, 6.45) is 0. The lowest BCUT2D eigenvalue weighted by atomic mass is 10.1. The molecule has 0 fully saturated rings. The van der Waals surface area contributed by atoms with Gasteiger partial charge in [0.25, 0.3) is 0 Å². The van der Waals surface area contributed by atoms with Crippen molar-refractivity contribution in [2.24, 2.45) is 0 Å². The molecule has 0 saturated heterocycles. The molecule has 1 N–H and O–H groups in total. The van der Waals surface area contributed by atoms with Gasteiger partial charge in [-0.25, -0.2) is 0 Å². The first-order valence-corrected chi connectivity index (χ1v) is 5.36. The number of benzene rings is 1. The molecule has 1 aromatic carbocycles. The van der Waals surface area contributed by atoms with Crippen molar-refractivity contribution in [2.45, 2.75) is 18.4 Å². The van der Waals surface area contributed by atoms with Gasteiger partial charge in [0, 0.05) is 9.60 Å². The molecule has 0 aliphatic heterocycles. The lowest BCUT2D eigenvalue weighted by Crippen LogP contribution is -1.88. The Bertz CT molecular complexity index is 445. The molecule has 0 aliphatic rings. The number of aryl methyl sites for hydroxylation is 1. The van der Waals surface area contributed by atoms with E-state index in [-0.39, 0.29) is 6.61 Å². The summed E-state index contributed by atoms with van der Waals surface area (Å²) in [4.78, 5) is 0.880. The third kappa shape index (κ3) is 1.37. The average Bonchev–Trinajstić information content (AvgIpc) is 2.53. The van der Waals surface area contributed by atoms with Crippen LogP contribution >= 0.6 is 24.0 Å². The van der Waals surface area contributed by atoms with E-state index in [0.717, 1.165) is 15.8 Å². The second-order valence-electron chi connectivity index (χ2n) is 3.01. The Morgan fingerprint density at radius 3 is 3.00 bits per heavy atom. The van der Waals surface area contributed by atoms with Crippen molar-refractivity contribution >= 4 is 34.1 Å². The topological polar surface area (TPSA) is 20.2 Å². The van der Waals surface area contributed by atoms with E-state index < -0.39 is 0 Å². The second-order valence-corrected chi connectivity index (χ2v) is 4.41. The summed E-state index contributed by atoms with van der Waals surface area (Å²) in [5, 5.41) is 12.4. The highest BCUT2D eigenvalue weighted by Crippen LogP contribution is 2.31. The van der Waals surface area contributed by atoms with E-state index in [4.69, 9.17) is 0 Å². The Morgan fingerprint density at radius 2 is 2.31 bits per heavy atom. The molecule has 68 valence electrons. The molecule has 2 aromatic rings. The standard InChI is InChI=1S/C10H10OS2/c1-6-4-9(12)8(5-11)7-2-3-13-10(6)7/h2-4,11-12H,5H2,1H3. The van der Waals surface area contributed by atoms with Gasteiger partial charge in [0.1, 0.15) is 0 Å². The van der Waals surface area contributed by atoms with Crippen molar-refractivity contribution in [3.8, 4) is 0 Å². The second kappa shape index (κ2) is 3.33. The molecule has 1 heterocycles. The molecule has 0 aliphatic carbocycles. The lowest BCUT2D eigenvalue weighted by Gasteiger charge is -2.05. The Labute approximate surface area is 86.4 Å². The number of rotatable bonds is 1. The SMILES string of the molecule is Cc1cc(S)c(CO)c2ccsc12. The summed E-state index contributed by atoms with van der Waals surface area (Å²) in [5.74, 6) is 0. The highest BCUT2D eigenvalue weighted by molar-refractivity contribution is 7.80. The summed E-state index contributed by atoms with van der Waals surface area (Å²) in [5.41, 5.74) is 2.16. The summed E-state index contributed by atoms with van der Waals surface area (Å²) in [7, 11) is 0. The molecular formula is C10H10OS2. The van der Waals surface area contributed by atoms with Gasteiger partial charge < -0.3 is 5.11 Å². The highest BCUT2D eigenvalue weighted by Gasteiger charge is 2.07. The quantitative estimate of drug-likeness (QED) is 0.693. The number of thiol groups is 1. The van der Waals surface area contributed by atoms with Crippen LogP contribution in [0.3, 0.4) is 0 Å². The van der Waals surface area contributed by atoms with E-state index in [1.165, 1.54) is 10.3 Å². The Kier molecular flexibility index (Phi) is 2.32. The minimum atomic E-state index is 0.0619. The van der Waals surface area contributed by atoms with Gasteiger partial charge in [-0.05, 0) is 40.9 Å². The van der Waals surface area contributed by atoms with Gasteiger partial charge in [-0.2, -0.15) is 0 Å². The van der Waals surface area contributed by atoms with Crippen LogP contribution in [0.15, 0.2) is 22.4 Å². The molecule has 2 rings (SSSR count). The van der Waals surface area contributed by atoms with Crippen LogP contribution in [0.2, 0.25) is 0 Å². The van der Waals surface area contributed by atoms with Crippen molar-refractivity contribution in [2.75, 3.05) is 0 Å². The molecular weight excluding hydrogens is 200 g/mol. The first kappa shape index (κ1) is 9.06. The van der Waals surface area contributed by atoms with Gasteiger partial charge in [0.2, 0.25) is 0 Å². The van der Waals surface area contributed by atoms with Gasteiger partial charge in [-0.1, -0.05) is 0 Å². The Morgan fingerprint density at radius 1 is 1.54 bits per heavy atom. The van der Waals surface area contributed by atoms with Crippen molar-refractivity contribution in [1.29, 1.82) is 0 Å². The van der Waals surface area contributed by atoms with Crippen LogP contribution in [0.1, 0.15) is 11.1 Å². The van der Waals surface area contributed by atoms with Crippen LogP contribution in [0.4, 0.5) is 0 Å². The minimum Gasteiger partial charge on any atom is -0.392 e. The highest BCUT2D eigenvalue weighted by atomic mass is 32.1. The number of thiophene rings is 1. The fourth-order valence-electron chi connectivity index (χ4n) is 1.51. The number of aliphatic hydroxyl groups excluding tert-OH is 1. The Balaban J connectivity index is 2.88. The normalized spacial score (nSPS) is 11.0. The predicted octanol–water partition coefficient (Wildman–Crippen LogP) is 2.99. The van der Waals surface area contributed by atoms with Gasteiger partial charge in [0.15, 0.2) is 0 Å². The molecule has 0 spiro atoms. The zero-order valence-electron chi connectivity index (χ0n) is 7.24. The first-order valence-electron chi connectivity index (χ1n) is 4.03. The molecule has 0 radical (unpaired) electrons. The number of fused-ring (bicyclic) bond motifs is 1. The fraction of sp³-hybridized carbons (Fsp3) is 0.200. The molecule has 0 atom stereocenters. The summed E-state index contributed by atoms with van der Waals surface area (Å²) in [6, 6.07) is 4.05. The molecule has 0 unspecified atom stereocenters. The third-order valence-electron chi connectivity index (χ3n) is 2.17. The number of hydrogen-bond donors (Lipinski definition) is 2. The van der Waals surface area contributed by atoms with E-state index in [1.807, 2.05) is 17.5 Å². The van der Waals surface area contributed by atoms with Crippen LogP contribution in [-0.4, -0.2) is 5.11 Å². The van der Waals surface area contributed by atoms with E-state index in [9.17, 15) is 5.11 Å². The van der Waals surface area contributed by atoms with E-state index in [2.05, 4.69) is 19.6 Å². The van der Waals surface area contributed by atoms with Crippen LogP contribution in [0.25, 0.3) is 10.1 Å². The van der Waals surface area contributed by atoms with Crippen LogP contribution in [0.5, 0.6) is 0 Å². The Hall–Kier alpha value is -0.510. The molecule has 3 heteroatoms. The third-order valence-corrected chi connectivity index (χ3v) is 3.62. The van der Waals surface area contributed by atoms with Gasteiger partial charge in [0.05, 0.1) is 6.61 Å². The zero-order valence-corrected chi connectivity index (χ0v) is 8.95. The summed E-state index contributed by atoms with van der Waals surface area (Å²) in [6.45, 7) is 2.13. The first-order chi connectivity index (χ1) is 6.24. The number of hydrogen-bond acceptors (Lipinski definition) is 3. The molecule has 1 nitrogen and oxygen atoms in total. The average molecular weight is 210 g/mol. The van der Waals surface area contributed by atoms with Crippen molar-refractivity contribution in [1.82, 2.24) is 0 Å². The maximum absolute atomic E-state index is 9.18. The maximum atomic E-state index is 9.18. The van der Waals surface area contributed by atoms with E-state index >= 15 is 0 Å². The molecule has 0 saturated carbocycles. The lowest BCUT2D eigenvalue weighted by molar-refractivity contribution is 0.280. The van der Waals surface area contributed by atoms with Crippen molar-refractivity contribution < 1.29 is 5.11 Å². The largest absolute Gasteiger partial charge is 0.392 e. The fourth-order valence-corrected chi connectivity index (χ4v) is 2.80. The minimum absolute atomic E-state index is 0.0619. The van der Waals surface area contributed by atoms with Gasteiger partial charge in [-0.3, -0.25) is 0 Å². The monoisotopic (exact) mass is 210 g/mol. The molecule has 1 aromatic heterocycles. The van der Waals surface area contributed by atoms with E-state index in [0.29, 0.717) is 0 Å². The van der Waals surface area contributed by atoms with Crippen molar-refractivity contribution in [3.05, 3.63) is 28.6 Å². The van der Waals surface area contributed by atoms with Crippen LogP contribution < -0.4 is 0 Å².